The SMILES string of the molecule is O=C(c1cc2ccccc2oc1=O)N1CCC(Cn2cnc3ccccc32)CC1. The van der Waals surface area contributed by atoms with Crippen molar-refractivity contribution in [3.8, 4) is 0 Å². The van der Waals surface area contributed by atoms with Crippen LogP contribution in [0, 0.1) is 5.92 Å². The van der Waals surface area contributed by atoms with Crippen LogP contribution >= 0.6 is 0 Å². The fourth-order valence-corrected chi connectivity index (χ4v) is 4.13. The van der Waals surface area contributed by atoms with Crippen LogP contribution in [0.15, 0.2) is 70.1 Å². The number of aromatic nitrogens is 2. The minimum atomic E-state index is -0.569. The highest BCUT2D eigenvalue weighted by atomic mass is 16.4. The van der Waals surface area contributed by atoms with Crippen molar-refractivity contribution in [1.29, 1.82) is 0 Å². The third kappa shape index (κ3) is 3.31. The molecule has 1 amide bonds. The molecule has 1 saturated heterocycles. The van der Waals surface area contributed by atoms with Crippen LogP contribution in [0.2, 0.25) is 0 Å². The Bertz CT molecular complexity index is 1250. The van der Waals surface area contributed by atoms with Gasteiger partial charge < -0.3 is 13.9 Å². The van der Waals surface area contributed by atoms with Gasteiger partial charge in [-0.25, -0.2) is 9.78 Å². The van der Waals surface area contributed by atoms with E-state index in [0.29, 0.717) is 24.6 Å². The summed E-state index contributed by atoms with van der Waals surface area (Å²) in [5.74, 6) is 0.237. The van der Waals surface area contributed by atoms with Crippen molar-refractivity contribution in [2.24, 2.45) is 5.92 Å². The third-order valence-electron chi connectivity index (χ3n) is 5.76. The molecule has 2 aromatic carbocycles. The number of amides is 1. The van der Waals surface area contributed by atoms with Crippen LogP contribution in [0.3, 0.4) is 0 Å². The second kappa shape index (κ2) is 7.20. The van der Waals surface area contributed by atoms with Crippen LogP contribution in [0.5, 0.6) is 0 Å². The number of fused-ring (bicyclic) bond motifs is 2. The molecule has 5 rings (SSSR count). The maximum Gasteiger partial charge on any atom is 0.349 e. The van der Waals surface area contributed by atoms with Gasteiger partial charge in [-0.05, 0) is 43.0 Å². The monoisotopic (exact) mass is 387 g/mol. The van der Waals surface area contributed by atoms with Crippen LogP contribution in [0.25, 0.3) is 22.0 Å². The standard InChI is InChI=1S/C23H21N3O3/c27-22(18-13-17-5-1-4-8-21(17)29-23(18)28)25-11-9-16(10-12-25)14-26-15-24-19-6-2-3-7-20(19)26/h1-8,13,15-16H,9-12,14H2. The van der Waals surface area contributed by atoms with Crippen molar-refractivity contribution in [2.45, 2.75) is 19.4 Å². The molecule has 0 saturated carbocycles. The Labute approximate surface area is 167 Å². The molecule has 0 atom stereocenters. The molecule has 1 fully saturated rings. The lowest BCUT2D eigenvalue weighted by atomic mass is 9.96. The first-order chi connectivity index (χ1) is 14.2. The zero-order chi connectivity index (χ0) is 19.8. The molecule has 6 heteroatoms. The largest absolute Gasteiger partial charge is 0.422 e. The molecule has 0 N–H and O–H groups in total. The molecule has 2 aromatic heterocycles. The number of piperidine rings is 1. The van der Waals surface area contributed by atoms with E-state index in [1.807, 2.05) is 36.7 Å². The highest BCUT2D eigenvalue weighted by Crippen LogP contribution is 2.23. The molecule has 1 aliphatic heterocycles. The molecule has 146 valence electrons. The summed E-state index contributed by atoms with van der Waals surface area (Å²) >= 11 is 0. The van der Waals surface area contributed by atoms with E-state index >= 15 is 0 Å². The fraction of sp³-hybridized carbons (Fsp3) is 0.261. The molecule has 0 radical (unpaired) electrons. The molecular weight excluding hydrogens is 366 g/mol. The van der Waals surface area contributed by atoms with E-state index in [2.05, 4.69) is 15.6 Å². The maximum atomic E-state index is 12.9. The van der Waals surface area contributed by atoms with Gasteiger partial charge in [0.2, 0.25) is 0 Å². The van der Waals surface area contributed by atoms with Crippen molar-refractivity contribution < 1.29 is 9.21 Å². The van der Waals surface area contributed by atoms with Crippen LogP contribution < -0.4 is 5.63 Å². The average molecular weight is 387 g/mol. The normalized spacial score (nSPS) is 15.2. The summed E-state index contributed by atoms with van der Waals surface area (Å²) < 4.78 is 7.51. The molecule has 0 aliphatic carbocycles. The van der Waals surface area contributed by atoms with Gasteiger partial charge in [-0.1, -0.05) is 30.3 Å². The van der Waals surface area contributed by atoms with Crippen molar-refractivity contribution >= 4 is 27.9 Å². The smallest absolute Gasteiger partial charge is 0.349 e. The van der Waals surface area contributed by atoms with E-state index in [1.54, 1.807) is 23.1 Å². The van der Waals surface area contributed by atoms with Crippen LogP contribution in [-0.2, 0) is 6.54 Å². The third-order valence-corrected chi connectivity index (χ3v) is 5.76. The molecule has 1 aliphatic rings. The minimum absolute atomic E-state index is 0.114. The van der Waals surface area contributed by atoms with Gasteiger partial charge in [-0.2, -0.15) is 0 Å². The second-order valence-corrected chi connectivity index (χ2v) is 7.61. The van der Waals surface area contributed by atoms with Gasteiger partial charge in [0.15, 0.2) is 0 Å². The van der Waals surface area contributed by atoms with Crippen molar-refractivity contribution in [3.63, 3.8) is 0 Å². The molecule has 6 nitrogen and oxygen atoms in total. The quantitative estimate of drug-likeness (QED) is 0.503. The molecule has 0 spiro atoms. The van der Waals surface area contributed by atoms with E-state index in [4.69, 9.17) is 4.42 Å². The van der Waals surface area contributed by atoms with Gasteiger partial charge in [0, 0.05) is 25.0 Å². The zero-order valence-corrected chi connectivity index (χ0v) is 16.0. The molecule has 0 unspecified atom stereocenters. The van der Waals surface area contributed by atoms with Gasteiger partial charge in [0.25, 0.3) is 5.91 Å². The van der Waals surface area contributed by atoms with Crippen molar-refractivity contribution in [3.05, 3.63) is 76.9 Å². The molecule has 0 bridgehead atoms. The maximum absolute atomic E-state index is 12.9. The Kier molecular flexibility index (Phi) is 4.39. The topological polar surface area (TPSA) is 68.3 Å². The van der Waals surface area contributed by atoms with Crippen molar-refractivity contribution in [2.75, 3.05) is 13.1 Å². The summed E-state index contributed by atoms with van der Waals surface area (Å²) in [5.41, 5.74) is 2.19. The fourth-order valence-electron chi connectivity index (χ4n) is 4.13. The number of carbonyl (C=O) groups excluding carboxylic acids is 1. The Morgan fingerprint density at radius 1 is 1.07 bits per heavy atom. The van der Waals surface area contributed by atoms with Gasteiger partial charge in [-0.15, -0.1) is 0 Å². The first-order valence-electron chi connectivity index (χ1n) is 9.91. The Balaban J connectivity index is 1.28. The lowest BCUT2D eigenvalue weighted by Gasteiger charge is -2.32. The number of hydrogen-bond donors (Lipinski definition) is 0. The van der Waals surface area contributed by atoms with Gasteiger partial charge >= 0.3 is 5.63 Å². The van der Waals surface area contributed by atoms with E-state index in [1.165, 1.54) is 0 Å². The summed E-state index contributed by atoms with van der Waals surface area (Å²) in [5, 5.41) is 0.761. The van der Waals surface area contributed by atoms with Gasteiger partial charge in [0.05, 0.1) is 17.4 Å². The molecule has 4 aromatic rings. The van der Waals surface area contributed by atoms with E-state index in [9.17, 15) is 9.59 Å². The van der Waals surface area contributed by atoms with Crippen LogP contribution in [0.1, 0.15) is 23.2 Å². The summed E-state index contributed by atoms with van der Waals surface area (Å²) in [6.45, 7) is 2.17. The van der Waals surface area contributed by atoms with E-state index < -0.39 is 5.63 Å². The summed E-state index contributed by atoms with van der Waals surface area (Å²) in [7, 11) is 0. The Hall–Kier alpha value is -3.41. The molecule has 29 heavy (non-hydrogen) atoms. The number of imidazole rings is 1. The highest BCUT2D eigenvalue weighted by Gasteiger charge is 2.26. The first-order valence-corrected chi connectivity index (χ1v) is 9.91. The molecular formula is C23H21N3O3. The van der Waals surface area contributed by atoms with Gasteiger partial charge in [0.1, 0.15) is 11.1 Å². The number of hydrogen-bond acceptors (Lipinski definition) is 4. The highest BCUT2D eigenvalue weighted by molar-refractivity contribution is 5.96. The number of carbonyl (C=O) groups is 1. The number of nitrogens with zero attached hydrogens (tertiary/aromatic N) is 3. The van der Waals surface area contributed by atoms with Gasteiger partial charge in [-0.3, -0.25) is 4.79 Å². The van der Waals surface area contributed by atoms with Crippen LogP contribution in [0.4, 0.5) is 0 Å². The Morgan fingerprint density at radius 3 is 2.69 bits per heavy atom. The minimum Gasteiger partial charge on any atom is -0.422 e. The average Bonchev–Trinajstić information content (AvgIpc) is 3.16. The summed E-state index contributed by atoms with van der Waals surface area (Å²) in [6, 6.07) is 17.0. The predicted octanol–water partition coefficient (Wildman–Crippen LogP) is 3.70. The summed E-state index contributed by atoms with van der Waals surface area (Å²) in [4.78, 5) is 31.4. The number of benzene rings is 2. The number of para-hydroxylation sites is 3. The second-order valence-electron chi connectivity index (χ2n) is 7.61. The zero-order valence-electron chi connectivity index (χ0n) is 16.0. The number of likely N-dealkylation sites (tertiary alicyclic amines) is 1. The van der Waals surface area contributed by atoms with E-state index in [-0.39, 0.29) is 11.5 Å². The summed E-state index contributed by atoms with van der Waals surface area (Å²) in [6.07, 6.45) is 3.69. The predicted molar refractivity (Wildman–Crippen MR) is 111 cm³/mol. The van der Waals surface area contributed by atoms with Crippen LogP contribution in [-0.4, -0.2) is 33.4 Å². The molecule has 3 heterocycles. The Morgan fingerprint density at radius 2 is 1.83 bits per heavy atom. The number of rotatable bonds is 3. The lowest BCUT2D eigenvalue weighted by molar-refractivity contribution is 0.0679. The first kappa shape index (κ1) is 17.7. The lowest BCUT2D eigenvalue weighted by Crippen LogP contribution is -2.40. The van der Waals surface area contributed by atoms with E-state index in [0.717, 1.165) is 35.8 Å². The van der Waals surface area contributed by atoms with Crippen molar-refractivity contribution in [1.82, 2.24) is 14.5 Å².